The van der Waals surface area contributed by atoms with Crippen LogP contribution in [0, 0.1) is 0 Å². The Hall–Kier alpha value is -1.63. The van der Waals surface area contributed by atoms with E-state index < -0.39 is 32.7 Å². The predicted molar refractivity (Wildman–Crippen MR) is 69.9 cm³/mol. The number of hydrogen-bond donors (Lipinski definition) is 2. The molecule has 1 aromatic rings. The van der Waals surface area contributed by atoms with Crippen LogP contribution >= 0.6 is 0 Å². The number of hydrogen-bond acceptors (Lipinski definition) is 4. The summed E-state index contributed by atoms with van der Waals surface area (Å²) in [7, 11) is -1.83. The molecule has 0 aliphatic rings. The summed E-state index contributed by atoms with van der Waals surface area (Å²) >= 11 is 0. The van der Waals surface area contributed by atoms with Crippen LogP contribution in [0.1, 0.15) is 26.5 Å². The van der Waals surface area contributed by atoms with Crippen LogP contribution in [-0.2, 0) is 26.9 Å². The van der Waals surface area contributed by atoms with Crippen molar-refractivity contribution < 1.29 is 23.3 Å². The van der Waals surface area contributed by atoms with Crippen LogP contribution in [0.3, 0.4) is 0 Å². The summed E-state index contributed by atoms with van der Waals surface area (Å²) < 4.78 is 15.6. The van der Waals surface area contributed by atoms with Gasteiger partial charge in [0.25, 0.3) is 0 Å². The van der Waals surface area contributed by atoms with E-state index in [-0.39, 0.29) is 6.54 Å². The molecule has 6 nitrogen and oxygen atoms in total. The van der Waals surface area contributed by atoms with Crippen LogP contribution in [0.2, 0.25) is 0 Å². The first-order valence-corrected chi connectivity index (χ1v) is 6.92. The number of carboxylic acid groups (broad SMARTS) is 1. The molecule has 0 bridgehead atoms. The third kappa shape index (κ3) is 3.66. The molecule has 0 aromatic carbocycles. The first-order chi connectivity index (χ1) is 8.76. The van der Waals surface area contributed by atoms with Crippen LogP contribution in [0.25, 0.3) is 0 Å². The van der Waals surface area contributed by atoms with Gasteiger partial charge in [0.15, 0.2) is 0 Å². The number of aliphatic carboxylic acids is 1. The van der Waals surface area contributed by atoms with Gasteiger partial charge < -0.3 is 14.8 Å². The lowest BCUT2D eigenvalue weighted by Crippen LogP contribution is -2.46. The molecule has 2 N–H and O–H groups in total. The van der Waals surface area contributed by atoms with Crippen LogP contribution < -0.4 is 5.32 Å². The molecule has 1 amide bonds. The molecular weight excluding hydrogens is 270 g/mol. The molecule has 1 rings (SSSR count). The van der Waals surface area contributed by atoms with Gasteiger partial charge in [-0.1, -0.05) is 0 Å². The molecule has 0 radical (unpaired) electrons. The largest absolute Gasteiger partial charge is 0.480 e. The van der Waals surface area contributed by atoms with E-state index in [1.165, 1.54) is 27.0 Å². The maximum Gasteiger partial charge on any atom is 0.321 e. The van der Waals surface area contributed by atoms with Crippen molar-refractivity contribution in [3.63, 3.8) is 0 Å². The molecule has 106 valence electrons. The van der Waals surface area contributed by atoms with Crippen molar-refractivity contribution in [3.8, 4) is 0 Å². The van der Waals surface area contributed by atoms with Crippen molar-refractivity contribution in [2.24, 2.45) is 0 Å². The molecule has 0 saturated carbocycles. The van der Waals surface area contributed by atoms with Crippen LogP contribution in [0.15, 0.2) is 22.8 Å². The molecule has 0 saturated heterocycles. The Morgan fingerprint density at radius 3 is 2.63 bits per heavy atom. The van der Waals surface area contributed by atoms with E-state index in [0.717, 1.165) is 0 Å². The van der Waals surface area contributed by atoms with Crippen molar-refractivity contribution in [2.45, 2.75) is 37.3 Å². The van der Waals surface area contributed by atoms with Crippen molar-refractivity contribution in [1.29, 1.82) is 0 Å². The Kier molecular flexibility index (Phi) is 4.88. The fourth-order valence-corrected chi connectivity index (χ4v) is 2.69. The zero-order valence-electron chi connectivity index (χ0n) is 11.0. The summed E-state index contributed by atoms with van der Waals surface area (Å²) in [5, 5.41) is 10.6. The second kappa shape index (κ2) is 6.01. The topological polar surface area (TPSA) is 96.6 Å². The molecule has 1 heterocycles. The first-order valence-electron chi connectivity index (χ1n) is 5.71. The Morgan fingerprint density at radius 2 is 2.16 bits per heavy atom. The fraction of sp³-hybridized carbons (Fsp3) is 0.500. The first kappa shape index (κ1) is 15.4. The van der Waals surface area contributed by atoms with Crippen molar-refractivity contribution in [3.05, 3.63) is 24.2 Å². The zero-order chi connectivity index (χ0) is 14.6. The van der Waals surface area contributed by atoms with Crippen LogP contribution in [0.4, 0.5) is 0 Å². The van der Waals surface area contributed by atoms with E-state index in [1.807, 2.05) is 0 Å². The minimum Gasteiger partial charge on any atom is -0.480 e. The highest BCUT2D eigenvalue weighted by atomic mass is 32.2. The van der Waals surface area contributed by atoms with Gasteiger partial charge >= 0.3 is 5.97 Å². The van der Waals surface area contributed by atoms with E-state index in [2.05, 4.69) is 5.32 Å². The van der Waals surface area contributed by atoms with E-state index in [4.69, 9.17) is 9.52 Å². The number of furan rings is 1. The zero-order valence-corrected chi connectivity index (χ0v) is 11.8. The Labute approximate surface area is 113 Å². The molecular formula is C12H17NO5S. The molecule has 19 heavy (non-hydrogen) atoms. The van der Waals surface area contributed by atoms with Gasteiger partial charge in [0.1, 0.15) is 15.8 Å². The molecule has 0 aliphatic carbocycles. The summed E-state index contributed by atoms with van der Waals surface area (Å²) in [6.45, 7) is 4.29. The van der Waals surface area contributed by atoms with E-state index in [1.54, 1.807) is 12.1 Å². The monoisotopic (exact) mass is 287 g/mol. The van der Waals surface area contributed by atoms with Crippen LogP contribution in [0.5, 0.6) is 0 Å². The minimum atomic E-state index is -1.83. The Bertz CT molecular complexity index is 480. The van der Waals surface area contributed by atoms with Gasteiger partial charge in [0, 0.05) is 0 Å². The van der Waals surface area contributed by atoms with Gasteiger partial charge in [-0.2, -0.15) is 0 Å². The summed E-state index contributed by atoms with van der Waals surface area (Å²) in [5.41, 5.74) is 0. The molecule has 0 fully saturated rings. The van der Waals surface area contributed by atoms with Gasteiger partial charge in [-0.3, -0.25) is 13.8 Å². The van der Waals surface area contributed by atoms with Crippen LogP contribution in [-0.4, -0.2) is 31.2 Å². The number of amides is 1. The highest BCUT2D eigenvalue weighted by Crippen LogP contribution is 2.17. The highest BCUT2D eigenvalue weighted by molar-refractivity contribution is 7.88. The standard InChI is InChI=1S/C12H17NO5S/c1-8(19(17)12(2,3)11(15)16)10(14)13-7-9-5-4-6-18-9/h4-6,8H,7H2,1-3H3,(H,13,14)(H,15,16). The van der Waals surface area contributed by atoms with Gasteiger partial charge in [0.05, 0.1) is 23.6 Å². The summed E-state index contributed by atoms with van der Waals surface area (Å²) in [6.07, 6.45) is 1.48. The number of nitrogens with one attached hydrogen (secondary N) is 1. The SMILES string of the molecule is CC(C(=O)NCc1ccco1)S(=O)C(C)(C)C(=O)O. The summed E-state index contributed by atoms with van der Waals surface area (Å²) in [5.74, 6) is -1.09. The van der Waals surface area contributed by atoms with E-state index in [0.29, 0.717) is 5.76 Å². The minimum absolute atomic E-state index is 0.181. The molecule has 2 unspecified atom stereocenters. The third-order valence-electron chi connectivity index (χ3n) is 2.73. The van der Waals surface area contributed by atoms with Crippen molar-refractivity contribution in [1.82, 2.24) is 5.32 Å². The van der Waals surface area contributed by atoms with Gasteiger partial charge in [-0.05, 0) is 32.9 Å². The molecule has 0 spiro atoms. The number of carboxylic acids is 1. The van der Waals surface area contributed by atoms with E-state index in [9.17, 15) is 13.8 Å². The lowest BCUT2D eigenvalue weighted by molar-refractivity contribution is -0.139. The lowest BCUT2D eigenvalue weighted by atomic mass is 10.2. The molecule has 1 aromatic heterocycles. The predicted octanol–water partition coefficient (Wildman–Crippen LogP) is 0.896. The Balaban J connectivity index is 2.62. The lowest BCUT2D eigenvalue weighted by Gasteiger charge is -2.22. The maximum atomic E-state index is 12.1. The molecule has 0 aliphatic heterocycles. The smallest absolute Gasteiger partial charge is 0.321 e. The molecule has 7 heteroatoms. The average molecular weight is 287 g/mol. The summed E-state index contributed by atoms with van der Waals surface area (Å²) in [6, 6.07) is 3.39. The van der Waals surface area contributed by atoms with Gasteiger partial charge in [-0.25, -0.2) is 0 Å². The second-order valence-electron chi connectivity index (χ2n) is 4.55. The maximum absolute atomic E-state index is 12.1. The average Bonchev–Trinajstić information content (AvgIpc) is 2.86. The number of carbonyl (C=O) groups is 2. The summed E-state index contributed by atoms with van der Waals surface area (Å²) in [4.78, 5) is 22.8. The second-order valence-corrected chi connectivity index (χ2v) is 6.87. The highest BCUT2D eigenvalue weighted by Gasteiger charge is 2.39. The fourth-order valence-electron chi connectivity index (χ4n) is 1.36. The number of rotatable bonds is 6. The van der Waals surface area contributed by atoms with Gasteiger partial charge in [-0.15, -0.1) is 0 Å². The number of carbonyl (C=O) groups excluding carboxylic acids is 1. The normalized spacial score (nSPS) is 14.7. The van der Waals surface area contributed by atoms with Crippen molar-refractivity contribution >= 4 is 22.7 Å². The van der Waals surface area contributed by atoms with Gasteiger partial charge in [0.2, 0.25) is 5.91 Å². The van der Waals surface area contributed by atoms with E-state index >= 15 is 0 Å². The quantitative estimate of drug-likeness (QED) is 0.810. The Morgan fingerprint density at radius 1 is 1.53 bits per heavy atom. The van der Waals surface area contributed by atoms with Crippen molar-refractivity contribution in [2.75, 3.05) is 0 Å². The molecule has 2 atom stereocenters. The third-order valence-corrected chi connectivity index (χ3v) is 4.76.